The monoisotopic (exact) mass is 542 g/mol. The fourth-order valence-corrected chi connectivity index (χ4v) is 3.68. The van der Waals surface area contributed by atoms with E-state index in [2.05, 4.69) is 15.0 Å². The number of rotatable bonds is 11. The number of benzene rings is 1. The Bertz CT molecular complexity index is 745. The number of nitrogens with zero attached hydrogens (tertiary/aromatic N) is 2. The van der Waals surface area contributed by atoms with Crippen molar-refractivity contribution >= 4 is 40.0 Å². The van der Waals surface area contributed by atoms with E-state index in [1.165, 1.54) is 12.5 Å². The van der Waals surface area contributed by atoms with Crippen LogP contribution in [-0.4, -0.2) is 64.9 Å². The van der Waals surface area contributed by atoms with Gasteiger partial charge in [-0.25, -0.2) is 17.5 Å². The van der Waals surface area contributed by atoms with E-state index in [1.807, 2.05) is 18.9 Å². The van der Waals surface area contributed by atoms with Crippen LogP contribution < -0.4 is 14.8 Å². The fourth-order valence-electron chi connectivity index (χ4n) is 2.72. The summed E-state index contributed by atoms with van der Waals surface area (Å²) >= 11 is 0. The Balaban J connectivity index is 0.00000420. The van der Waals surface area contributed by atoms with Gasteiger partial charge in [-0.15, -0.1) is 24.0 Å². The molecule has 0 saturated heterocycles. The van der Waals surface area contributed by atoms with Crippen LogP contribution in [0.15, 0.2) is 29.3 Å². The lowest BCUT2D eigenvalue weighted by molar-refractivity contribution is 0.270. The highest BCUT2D eigenvalue weighted by Crippen LogP contribution is 2.25. The average Bonchev–Trinajstić information content (AvgIpc) is 2.61. The molecule has 1 aromatic rings. The molecule has 0 aromatic heterocycles. The predicted molar refractivity (Wildman–Crippen MR) is 125 cm³/mol. The molecule has 1 fully saturated rings. The number of sulfonamides is 1. The van der Waals surface area contributed by atoms with Crippen LogP contribution in [-0.2, 0) is 10.0 Å². The summed E-state index contributed by atoms with van der Waals surface area (Å²) < 4.78 is 45.9. The van der Waals surface area contributed by atoms with Crippen molar-refractivity contribution in [1.29, 1.82) is 0 Å². The lowest BCUT2D eigenvalue weighted by Crippen LogP contribution is -2.41. The minimum Gasteiger partial charge on any atom is -0.489 e. The quantitative estimate of drug-likeness (QED) is 0.255. The molecule has 1 aromatic carbocycles. The van der Waals surface area contributed by atoms with Gasteiger partial charge in [-0.3, -0.25) is 4.99 Å². The van der Waals surface area contributed by atoms with Crippen LogP contribution in [0.4, 0.5) is 4.39 Å². The lowest BCUT2D eigenvalue weighted by atomic mass is 9.86. The summed E-state index contributed by atoms with van der Waals surface area (Å²) in [6, 6.07) is 6.26. The molecule has 1 saturated carbocycles. The molecule has 2 N–H and O–H groups in total. The predicted octanol–water partition coefficient (Wildman–Crippen LogP) is 2.44. The molecule has 0 radical (unpaired) electrons. The van der Waals surface area contributed by atoms with Gasteiger partial charge in [-0.1, -0.05) is 18.6 Å². The summed E-state index contributed by atoms with van der Waals surface area (Å²) in [5.74, 6) is 0.838. The second-order valence-corrected chi connectivity index (χ2v) is 8.83. The van der Waals surface area contributed by atoms with Crippen molar-refractivity contribution in [2.45, 2.75) is 26.2 Å². The number of ether oxygens (including phenoxy) is 1. The molecule has 166 valence electrons. The van der Waals surface area contributed by atoms with Crippen LogP contribution in [0.5, 0.6) is 5.75 Å². The molecule has 1 aliphatic rings. The zero-order valence-corrected chi connectivity index (χ0v) is 20.2. The Morgan fingerprint density at radius 1 is 1.34 bits per heavy atom. The largest absolute Gasteiger partial charge is 0.489 e. The zero-order chi connectivity index (χ0) is 20.4. The molecule has 0 spiro atoms. The highest BCUT2D eigenvalue weighted by molar-refractivity contribution is 14.0. The first-order valence-electron chi connectivity index (χ1n) is 9.75. The molecular weight excluding hydrogens is 510 g/mol. The number of guanidine groups is 1. The third-order valence-corrected chi connectivity index (χ3v) is 5.98. The van der Waals surface area contributed by atoms with Gasteiger partial charge in [-0.2, -0.15) is 0 Å². The van der Waals surface area contributed by atoms with Crippen LogP contribution in [0.3, 0.4) is 0 Å². The van der Waals surface area contributed by atoms with Crippen LogP contribution in [0.25, 0.3) is 0 Å². The van der Waals surface area contributed by atoms with Gasteiger partial charge in [-0.05, 0) is 37.8 Å². The van der Waals surface area contributed by atoms with Gasteiger partial charge in [0, 0.05) is 20.1 Å². The number of nitrogens with one attached hydrogen (secondary N) is 2. The van der Waals surface area contributed by atoms with Gasteiger partial charge in [0.1, 0.15) is 6.61 Å². The van der Waals surface area contributed by atoms with Crippen molar-refractivity contribution in [3.8, 4) is 5.75 Å². The minimum absolute atomic E-state index is 0. The molecule has 0 bridgehead atoms. The molecule has 10 heteroatoms. The number of hydrogen-bond acceptors (Lipinski definition) is 4. The third-order valence-electron chi connectivity index (χ3n) is 4.66. The average molecular weight is 542 g/mol. The van der Waals surface area contributed by atoms with Crippen molar-refractivity contribution in [3.05, 3.63) is 30.1 Å². The molecule has 29 heavy (non-hydrogen) atoms. The summed E-state index contributed by atoms with van der Waals surface area (Å²) in [5.41, 5.74) is 0. The summed E-state index contributed by atoms with van der Waals surface area (Å²) in [4.78, 5) is 6.22. The van der Waals surface area contributed by atoms with Gasteiger partial charge < -0.3 is 15.0 Å². The van der Waals surface area contributed by atoms with Gasteiger partial charge in [0.15, 0.2) is 17.5 Å². The topological polar surface area (TPSA) is 83.0 Å². The molecule has 7 nitrogen and oxygen atoms in total. The summed E-state index contributed by atoms with van der Waals surface area (Å²) in [7, 11) is -1.49. The van der Waals surface area contributed by atoms with Gasteiger partial charge >= 0.3 is 0 Å². The normalized spacial score (nSPS) is 14.7. The van der Waals surface area contributed by atoms with E-state index in [-0.39, 0.29) is 48.6 Å². The van der Waals surface area contributed by atoms with E-state index in [0.717, 1.165) is 12.8 Å². The maximum atomic E-state index is 13.6. The smallest absolute Gasteiger partial charge is 0.213 e. The number of likely N-dealkylation sites (N-methyl/N-ethyl adjacent to an activating group) is 1. The minimum atomic E-state index is -3.32. The Kier molecular flexibility index (Phi) is 11.8. The first-order valence-corrected chi connectivity index (χ1v) is 11.4. The Morgan fingerprint density at radius 3 is 2.69 bits per heavy atom. The highest BCUT2D eigenvalue weighted by atomic mass is 127. The van der Waals surface area contributed by atoms with E-state index in [0.29, 0.717) is 31.5 Å². The summed E-state index contributed by atoms with van der Waals surface area (Å²) in [6.45, 7) is 4.05. The Hall–Kier alpha value is -1.14. The van der Waals surface area contributed by atoms with Gasteiger partial charge in [0.05, 0.1) is 18.8 Å². The molecule has 1 aliphatic carbocycles. The van der Waals surface area contributed by atoms with E-state index in [4.69, 9.17) is 4.74 Å². The van der Waals surface area contributed by atoms with Gasteiger partial charge in [0.2, 0.25) is 10.0 Å². The summed E-state index contributed by atoms with van der Waals surface area (Å²) in [5, 5.41) is 3.13. The van der Waals surface area contributed by atoms with Gasteiger partial charge in [0.25, 0.3) is 0 Å². The van der Waals surface area contributed by atoms with E-state index in [1.54, 1.807) is 18.2 Å². The molecule has 2 rings (SSSR count). The maximum absolute atomic E-state index is 13.6. The molecular formula is C19H32FIN4O3S. The van der Waals surface area contributed by atoms with E-state index >= 15 is 0 Å². The van der Waals surface area contributed by atoms with Crippen LogP contribution >= 0.6 is 24.0 Å². The van der Waals surface area contributed by atoms with Crippen LogP contribution in [0.1, 0.15) is 26.2 Å². The van der Waals surface area contributed by atoms with Crippen molar-refractivity contribution in [1.82, 2.24) is 14.9 Å². The van der Waals surface area contributed by atoms with E-state index < -0.39 is 15.8 Å². The fraction of sp³-hybridized carbons (Fsp3) is 0.632. The zero-order valence-electron chi connectivity index (χ0n) is 17.1. The Morgan fingerprint density at radius 2 is 2.07 bits per heavy atom. The first kappa shape index (κ1) is 25.9. The third kappa shape index (κ3) is 9.47. The molecule has 0 atom stereocenters. The first-order chi connectivity index (χ1) is 13.4. The number of halogens is 2. The van der Waals surface area contributed by atoms with E-state index in [9.17, 15) is 12.8 Å². The van der Waals surface area contributed by atoms with Crippen molar-refractivity contribution in [2.24, 2.45) is 10.9 Å². The highest BCUT2D eigenvalue weighted by Gasteiger charge is 2.20. The second-order valence-electron chi connectivity index (χ2n) is 6.90. The standard InChI is InChI=1S/C19H31FN4O3S.HI/c1-3-21-19(22-11-14-28(25,26)23-15-16-7-6-8-16)24(2)12-13-27-18-10-5-4-9-17(18)20;/h4-5,9-10,16,23H,3,6-8,11-15H2,1-2H3,(H,21,22);1H. The van der Waals surface area contributed by atoms with Crippen molar-refractivity contribution < 1.29 is 17.5 Å². The number of hydrogen-bond donors (Lipinski definition) is 2. The maximum Gasteiger partial charge on any atom is 0.213 e. The van der Waals surface area contributed by atoms with Crippen molar-refractivity contribution in [3.63, 3.8) is 0 Å². The van der Waals surface area contributed by atoms with Crippen LogP contribution in [0, 0.1) is 11.7 Å². The van der Waals surface area contributed by atoms with Crippen molar-refractivity contribution in [2.75, 3.05) is 45.6 Å². The number of aliphatic imine (C=N–C) groups is 1. The van der Waals surface area contributed by atoms with Crippen LogP contribution in [0.2, 0.25) is 0 Å². The molecule has 0 aliphatic heterocycles. The summed E-state index contributed by atoms with van der Waals surface area (Å²) in [6.07, 6.45) is 3.39. The second kappa shape index (κ2) is 13.2. The lowest BCUT2D eigenvalue weighted by Gasteiger charge is -2.25. The number of para-hydroxylation sites is 1. The SMILES string of the molecule is CCNC(=NCCS(=O)(=O)NCC1CCC1)N(C)CCOc1ccccc1F.I. The molecule has 0 unspecified atom stereocenters. The molecule has 0 amide bonds. The molecule has 0 heterocycles. The Labute approximate surface area is 190 Å².